The molecular weight excluding hydrogens is 460 g/mol. The molecule has 1 aliphatic heterocycles. The number of nitrogens with one attached hydrogen (secondary N) is 1. The Morgan fingerprint density at radius 3 is 2.68 bits per heavy atom. The van der Waals surface area contributed by atoms with E-state index in [0.29, 0.717) is 6.42 Å². The minimum Gasteiger partial charge on any atom is -0.350 e. The van der Waals surface area contributed by atoms with E-state index in [-0.39, 0.29) is 12.2 Å². The normalized spacial score (nSPS) is 18.2. The first-order chi connectivity index (χ1) is 18.3. The lowest BCUT2D eigenvalue weighted by atomic mass is 9.96. The van der Waals surface area contributed by atoms with Gasteiger partial charge in [-0.15, -0.1) is 0 Å². The molecule has 1 amide bonds. The van der Waals surface area contributed by atoms with Crippen molar-refractivity contribution in [2.45, 2.75) is 96.2 Å². The molecule has 2 aromatic rings. The van der Waals surface area contributed by atoms with Crippen LogP contribution in [0.25, 0.3) is 10.8 Å². The van der Waals surface area contributed by atoms with Crippen molar-refractivity contribution in [3.8, 4) is 0 Å². The molecule has 1 heterocycles. The Kier molecular flexibility index (Phi) is 12.0. The highest BCUT2D eigenvalue weighted by Crippen LogP contribution is 2.22. The maximum Gasteiger partial charge on any atom is 0.243 e. The number of hydrogen-bond acceptors (Lipinski definition) is 4. The predicted molar refractivity (Wildman–Crippen MR) is 151 cm³/mol. The number of hydrogen-bond donors (Lipinski definition) is 1. The highest BCUT2D eigenvalue weighted by molar-refractivity contribution is 5.85. The molecular formula is C32H46N2O3. The second-order valence-corrected chi connectivity index (χ2v) is 10.7. The number of ether oxygens (including phenoxy) is 1. The quantitative estimate of drug-likeness (QED) is 0.159. The summed E-state index contributed by atoms with van der Waals surface area (Å²) in [6.45, 7) is 4.05. The Labute approximate surface area is 223 Å². The molecule has 202 valence electrons. The van der Waals surface area contributed by atoms with Gasteiger partial charge in [0, 0.05) is 26.0 Å². The molecule has 1 N–H and O–H groups in total. The van der Waals surface area contributed by atoms with Crippen LogP contribution in [-0.4, -0.2) is 43.3 Å². The van der Waals surface area contributed by atoms with Gasteiger partial charge in [0.25, 0.3) is 0 Å². The number of rotatable bonds is 15. The van der Waals surface area contributed by atoms with E-state index in [2.05, 4.69) is 58.9 Å². The van der Waals surface area contributed by atoms with Crippen molar-refractivity contribution in [3.63, 3.8) is 0 Å². The topological polar surface area (TPSA) is 50.8 Å². The van der Waals surface area contributed by atoms with Crippen LogP contribution in [-0.2, 0) is 20.8 Å². The molecule has 2 aromatic carbocycles. The molecule has 0 spiro atoms. The largest absolute Gasteiger partial charge is 0.350 e. The third-order valence-corrected chi connectivity index (χ3v) is 7.75. The first-order valence-electron chi connectivity index (χ1n) is 14.7. The predicted octanol–water partition coefficient (Wildman–Crippen LogP) is 7.10. The van der Waals surface area contributed by atoms with Gasteiger partial charge in [-0.2, -0.15) is 0 Å². The molecule has 0 bridgehead atoms. The van der Waals surface area contributed by atoms with Gasteiger partial charge < -0.3 is 9.64 Å². The first kappa shape index (κ1) is 27.8. The molecule has 0 saturated carbocycles. The van der Waals surface area contributed by atoms with Crippen molar-refractivity contribution >= 4 is 16.7 Å². The van der Waals surface area contributed by atoms with Gasteiger partial charge >= 0.3 is 0 Å². The lowest BCUT2D eigenvalue weighted by molar-refractivity contribution is -0.200. The van der Waals surface area contributed by atoms with Gasteiger partial charge in [0.15, 0.2) is 6.29 Å². The van der Waals surface area contributed by atoms with Crippen LogP contribution in [0.15, 0.2) is 54.1 Å². The molecule has 5 nitrogen and oxygen atoms in total. The lowest BCUT2D eigenvalue weighted by Gasteiger charge is -2.23. The van der Waals surface area contributed by atoms with Crippen LogP contribution in [0, 0.1) is 0 Å². The number of carbonyl (C=O) groups is 1. The van der Waals surface area contributed by atoms with Crippen LogP contribution >= 0.6 is 0 Å². The van der Waals surface area contributed by atoms with Crippen molar-refractivity contribution in [1.82, 2.24) is 10.4 Å². The molecule has 2 aliphatic rings. The molecule has 1 fully saturated rings. The summed E-state index contributed by atoms with van der Waals surface area (Å²) in [5, 5.41) is 2.71. The SMILES string of the molecule is O=C(CCCCCN(CCCC1=CCCCC1)CCc1cccc2ccccc12)NOC1CCCCO1. The lowest BCUT2D eigenvalue weighted by Crippen LogP contribution is -2.33. The summed E-state index contributed by atoms with van der Waals surface area (Å²) in [6, 6.07) is 15.4. The minimum absolute atomic E-state index is 0.0391. The Morgan fingerprint density at radius 2 is 1.81 bits per heavy atom. The molecule has 4 rings (SSSR count). The van der Waals surface area contributed by atoms with Gasteiger partial charge in [0.05, 0.1) is 0 Å². The fourth-order valence-corrected chi connectivity index (χ4v) is 5.57. The van der Waals surface area contributed by atoms with Crippen LogP contribution in [0.4, 0.5) is 0 Å². The van der Waals surface area contributed by atoms with Crippen LogP contribution in [0.1, 0.15) is 89.0 Å². The molecule has 1 saturated heterocycles. The summed E-state index contributed by atoms with van der Waals surface area (Å²) in [5.74, 6) is -0.0391. The van der Waals surface area contributed by atoms with E-state index >= 15 is 0 Å². The second kappa shape index (κ2) is 15.9. The molecule has 1 aliphatic carbocycles. The van der Waals surface area contributed by atoms with Crippen LogP contribution in [0.5, 0.6) is 0 Å². The average Bonchev–Trinajstić information content (AvgIpc) is 2.95. The summed E-state index contributed by atoms with van der Waals surface area (Å²) >= 11 is 0. The number of benzene rings is 2. The van der Waals surface area contributed by atoms with Gasteiger partial charge in [-0.25, -0.2) is 10.3 Å². The highest BCUT2D eigenvalue weighted by atomic mass is 16.8. The fourth-order valence-electron chi connectivity index (χ4n) is 5.57. The maximum absolute atomic E-state index is 12.1. The van der Waals surface area contributed by atoms with Crippen molar-refractivity contribution in [2.24, 2.45) is 0 Å². The third-order valence-electron chi connectivity index (χ3n) is 7.75. The summed E-state index contributed by atoms with van der Waals surface area (Å²) in [7, 11) is 0. The van der Waals surface area contributed by atoms with E-state index in [4.69, 9.17) is 9.57 Å². The standard InChI is InChI=1S/C32H46N2O3/c35-31(33-37-32-21-8-10-26-36-32)20-5-2-9-23-34(24-12-15-27-13-3-1-4-14-27)25-22-29-18-11-17-28-16-6-7-19-30(28)29/h6-7,11,13,16-19,32H,1-5,8-10,12,14-15,20-26H2,(H,33,35). The van der Waals surface area contributed by atoms with E-state index < -0.39 is 0 Å². The Hall–Kier alpha value is -2.21. The zero-order valence-corrected chi connectivity index (χ0v) is 22.6. The van der Waals surface area contributed by atoms with E-state index in [1.165, 1.54) is 54.9 Å². The zero-order valence-electron chi connectivity index (χ0n) is 22.6. The number of amides is 1. The Bertz CT molecular complexity index is 978. The fraction of sp³-hybridized carbons (Fsp3) is 0.594. The molecule has 37 heavy (non-hydrogen) atoms. The van der Waals surface area contributed by atoms with E-state index in [9.17, 15) is 4.79 Å². The number of hydroxylamine groups is 1. The van der Waals surface area contributed by atoms with E-state index in [0.717, 1.165) is 71.2 Å². The summed E-state index contributed by atoms with van der Waals surface area (Å²) in [5.41, 5.74) is 5.70. The molecule has 5 heteroatoms. The molecule has 0 aromatic heterocycles. The van der Waals surface area contributed by atoms with Crippen LogP contribution in [0.2, 0.25) is 0 Å². The van der Waals surface area contributed by atoms with Gasteiger partial charge in [-0.1, -0.05) is 60.5 Å². The number of unbranched alkanes of at least 4 members (excludes halogenated alkanes) is 2. The van der Waals surface area contributed by atoms with Crippen molar-refractivity contribution < 1.29 is 14.4 Å². The molecule has 0 radical (unpaired) electrons. The Morgan fingerprint density at radius 1 is 0.919 bits per heavy atom. The number of carbonyl (C=O) groups excluding carboxylic acids is 1. The zero-order chi connectivity index (χ0) is 25.5. The average molecular weight is 507 g/mol. The van der Waals surface area contributed by atoms with Gasteiger partial charge in [0.1, 0.15) is 0 Å². The summed E-state index contributed by atoms with van der Waals surface area (Å²) < 4.78 is 5.50. The Balaban J connectivity index is 1.19. The van der Waals surface area contributed by atoms with Gasteiger partial charge in [-0.05, 0) is 100 Å². The smallest absolute Gasteiger partial charge is 0.243 e. The second-order valence-electron chi connectivity index (χ2n) is 10.7. The van der Waals surface area contributed by atoms with Gasteiger partial charge in [-0.3, -0.25) is 4.79 Å². The number of nitrogens with zero attached hydrogens (tertiary/aromatic N) is 1. The van der Waals surface area contributed by atoms with Crippen molar-refractivity contribution in [3.05, 3.63) is 59.7 Å². The minimum atomic E-state index is -0.280. The highest BCUT2D eigenvalue weighted by Gasteiger charge is 2.15. The summed E-state index contributed by atoms with van der Waals surface area (Å²) in [6.07, 6.45) is 17.7. The van der Waals surface area contributed by atoms with E-state index in [1.54, 1.807) is 5.57 Å². The van der Waals surface area contributed by atoms with Crippen molar-refractivity contribution in [2.75, 3.05) is 26.2 Å². The first-order valence-corrected chi connectivity index (χ1v) is 14.7. The van der Waals surface area contributed by atoms with Gasteiger partial charge in [0.2, 0.25) is 5.91 Å². The van der Waals surface area contributed by atoms with Crippen molar-refractivity contribution in [1.29, 1.82) is 0 Å². The molecule has 1 unspecified atom stereocenters. The van der Waals surface area contributed by atoms with E-state index in [1.807, 2.05) is 0 Å². The maximum atomic E-state index is 12.1. The third kappa shape index (κ3) is 9.88. The van der Waals surface area contributed by atoms with Crippen LogP contribution < -0.4 is 5.48 Å². The monoisotopic (exact) mass is 506 g/mol. The number of fused-ring (bicyclic) bond motifs is 1. The van der Waals surface area contributed by atoms with Crippen LogP contribution in [0.3, 0.4) is 0 Å². The molecule has 1 atom stereocenters. The summed E-state index contributed by atoms with van der Waals surface area (Å²) in [4.78, 5) is 20.2. The number of allylic oxidation sites excluding steroid dienone is 2.